The zero-order chi connectivity index (χ0) is 21.0. The predicted molar refractivity (Wildman–Crippen MR) is 114 cm³/mol. The lowest BCUT2D eigenvalue weighted by Crippen LogP contribution is -2.35. The van der Waals surface area contributed by atoms with E-state index in [0.29, 0.717) is 12.6 Å². The zero-order valence-electron chi connectivity index (χ0n) is 18.0. The number of aryl methyl sites for hydroxylation is 1. The van der Waals surface area contributed by atoms with Gasteiger partial charge in [0.25, 0.3) is 5.91 Å². The molecule has 0 saturated carbocycles. The van der Waals surface area contributed by atoms with E-state index < -0.39 is 0 Å². The Balaban J connectivity index is 1.67. The molecular formula is C22H31N5O2. The number of amides is 1. The van der Waals surface area contributed by atoms with Crippen molar-refractivity contribution in [2.75, 3.05) is 32.1 Å². The molecule has 1 amide bonds. The van der Waals surface area contributed by atoms with Crippen LogP contribution < -0.4 is 15.5 Å². The Morgan fingerprint density at radius 2 is 2.00 bits per heavy atom. The Labute approximate surface area is 172 Å². The largest absolute Gasteiger partial charge is 0.380 e. The number of nitrogens with zero attached hydrogens (tertiary/aromatic N) is 3. The number of methoxy groups -OCH3 is 1. The number of ether oxygens (including phenoxy) is 1. The SMILES string of the molecule is CNC(=O)c1nc(C)c(C)c(N2CC[C@@H](NC(C)c3ccc(COC)cc3)C2)n1. The number of carbonyl (C=O) groups excluding carboxylic acids is 1. The molecule has 1 saturated heterocycles. The number of anilines is 1. The first-order valence-corrected chi connectivity index (χ1v) is 10.1. The van der Waals surface area contributed by atoms with Crippen LogP contribution in [-0.2, 0) is 11.3 Å². The van der Waals surface area contributed by atoms with Crippen molar-refractivity contribution in [3.8, 4) is 0 Å². The molecule has 7 nitrogen and oxygen atoms in total. The number of rotatable bonds is 7. The normalized spacial score (nSPS) is 17.4. The minimum atomic E-state index is -0.256. The number of carbonyl (C=O) groups is 1. The standard InChI is InChI=1S/C22H31N5O2/c1-14-15(2)25-20(22(28)23-4)26-21(14)27-11-10-19(12-27)24-16(3)18-8-6-17(7-9-18)13-29-5/h6-9,16,19,24H,10-13H2,1-5H3,(H,23,28)/t16?,19-/m1/s1. The van der Waals surface area contributed by atoms with Crippen molar-refractivity contribution in [1.29, 1.82) is 0 Å². The van der Waals surface area contributed by atoms with Crippen molar-refractivity contribution < 1.29 is 9.53 Å². The van der Waals surface area contributed by atoms with E-state index in [4.69, 9.17) is 4.74 Å². The number of hydrogen-bond donors (Lipinski definition) is 2. The van der Waals surface area contributed by atoms with E-state index in [9.17, 15) is 4.79 Å². The first-order valence-electron chi connectivity index (χ1n) is 10.1. The van der Waals surface area contributed by atoms with E-state index in [2.05, 4.69) is 56.7 Å². The highest BCUT2D eigenvalue weighted by Gasteiger charge is 2.27. The second-order valence-corrected chi connectivity index (χ2v) is 7.65. The van der Waals surface area contributed by atoms with Gasteiger partial charge in [-0.3, -0.25) is 4.79 Å². The fraction of sp³-hybridized carbons (Fsp3) is 0.500. The van der Waals surface area contributed by atoms with Gasteiger partial charge < -0.3 is 20.3 Å². The van der Waals surface area contributed by atoms with E-state index in [1.807, 2.05) is 13.8 Å². The summed E-state index contributed by atoms with van der Waals surface area (Å²) in [4.78, 5) is 23.1. The first kappa shape index (κ1) is 21.2. The molecule has 1 fully saturated rings. The summed E-state index contributed by atoms with van der Waals surface area (Å²) in [5.74, 6) is 0.831. The van der Waals surface area contributed by atoms with Crippen molar-refractivity contribution in [1.82, 2.24) is 20.6 Å². The molecule has 0 radical (unpaired) electrons. The van der Waals surface area contributed by atoms with Gasteiger partial charge in [0.05, 0.1) is 6.61 Å². The van der Waals surface area contributed by atoms with Gasteiger partial charge in [-0.05, 0) is 38.3 Å². The van der Waals surface area contributed by atoms with E-state index in [-0.39, 0.29) is 17.8 Å². The smallest absolute Gasteiger partial charge is 0.288 e. The molecule has 0 aliphatic carbocycles. The maximum atomic E-state index is 12.0. The van der Waals surface area contributed by atoms with Crippen LogP contribution >= 0.6 is 0 Å². The van der Waals surface area contributed by atoms with E-state index >= 15 is 0 Å². The van der Waals surface area contributed by atoms with Crippen LogP contribution in [0.15, 0.2) is 24.3 Å². The summed E-state index contributed by atoms with van der Waals surface area (Å²) in [7, 11) is 3.31. The molecule has 2 aromatic rings. The molecule has 1 aromatic heterocycles. The fourth-order valence-electron chi connectivity index (χ4n) is 3.74. The molecular weight excluding hydrogens is 366 g/mol. The summed E-state index contributed by atoms with van der Waals surface area (Å²) >= 11 is 0. The topological polar surface area (TPSA) is 79.4 Å². The number of hydrogen-bond acceptors (Lipinski definition) is 6. The average molecular weight is 398 g/mol. The summed E-state index contributed by atoms with van der Waals surface area (Å²) < 4.78 is 5.18. The summed E-state index contributed by atoms with van der Waals surface area (Å²) in [5.41, 5.74) is 4.31. The molecule has 2 heterocycles. The third kappa shape index (κ3) is 4.92. The lowest BCUT2D eigenvalue weighted by atomic mass is 10.1. The van der Waals surface area contributed by atoms with Gasteiger partial charge in [0, 0.05) is 50.6 Å². The first-order chi connectivity index (χ1) is 13.9. The Bertz CT molecular complexity index is 853. The monoisotopic (exact) mass is 397 g/mol. The quantitative estimate of drug-likeness (QED) is 0.747. The molecule has 2 atom stereocenters. The number of aromatic nitrogens is 2. The fourth-order valence-corrected chi connectivity index (χ4v) is 3.74. The van der Waals surface area contributed by atoms with Gasteiger partial charge in [-0.2, -0.15) is 0 Å². The lowest BCUT2D eigenvalue weighted by Gasteiger charge is -2.23. The maximum absolute atomic E-state index is 12.0. The van der Waals surface area contributed by atoms with E-state index in [0.717, 1.165) is 36.6 Å². The van der Waals surface area contributed by atoms with Crippen molar-refractivity contribution in [2.24, 2.45) is 0 Å². The molecule has 1 aliphatic rings. The van der Waals surface area contributed by atoms with Crippen LogP contribution in [0.3, 0.4) is 0 Å². The van der Waals surface area contributed by atoms with Gasteiger partial charge in [0.15, 0.2) is 0 Å². The molecule has 0 spiro atoms. The second-order valence-electron chi connectivity index (χ2n) is 7.65. The van der Waals surface area contributed by atoms with Gasteiger partial charge in [-0.1, -0.05) is 24.3 Å². The zero-order valence-corrected chi connectivity index (χ0v) is 18.0. The highest BCUT2D eigenvalue weighted by molar-refractivity contribution is 5.90. The van der Waals surface area contributed by atoms with E-state index in [1.54, 1.807) is 14.2 Å². The van der Waals surface area contributed by atoms with Crippen molar-refractivity contribution in [3.05, 3.63) is 52.5 Å². The van der Waals surface area contributed by atoms with Gasteiger partial charge in [0.2, 0.25) is 5.82 Å². The van der Waals surface area contributed by atoms with Crippen molar-refractivity contribution in [3.63, 3.8) is 0 Å². The van der Waals surface area contributed by atoms with Crippen LogP contribution in [0.1, 0.15) is 52.4 Å². The molecule has 7 heteroatoms. The minimum absolute atomic E-state index is 0.228. The van der Waals surface area contributed by atoms with Gasteiger partial charge >= 0.3 is 0 Å². The summed E-state index contributed by atoms with van der Waals surface area (Å²) in [5, 5.41) is 6.34. The lowest BCUT2D eigenvalue weighted by molar-refractivity contribution is 0.0952. The molecule has 156 valence electrons. The van der Waals surface area contributed by atoms with Crippen LogP contribution in [0.25, 0.3) is 0 Å². The Hall–Kier alpha value is -2.51. The molecule has 0 bridgehead atoms. The second kappa shape index (κ2) is 9.33. The van der Waals surface area contributed by atoms with E-state index in [1.165, 1.54) is 11.1 Å². The highest BCUT2D eigenvalue weighted by Crippen LogP contribution is 2.25. The Morgan fingerprint density at radius 3 is 2.66 bits per heavy atom. The average Bonchev–Trinajstić information content (AvgIpc) is 3.18. The van der Waals surface area contributed by atoms with Crippen LogP contribution in [0.5, 0.6) is 0 Å². The molecule has 1 aromatic carbocycles. The highest BCUT2D eigenvalue weighted by atomic mass is 16.5. The van der Waals surface area contributed by atoms with Gasteiger partial charge in [-0.15, -0.1) is 0 Å². The molecule has 29 heavy (non-hydrogen) atoms. The molecule has 1 aliphatic heterocycles. The Kier molecular flexibility index (Phi) is 6.82. The predicted octanol–water partition coefficient (Wildman–Crippen LogP) is 2.53. The van der Waals surface area contributed by atoms with Crippen LogP contribution in [0, 0.1) is 13.8 Å². The van der Waals surface area contributed by atoms with Crippen molar-refractivity contribution >= 4 is 11.7 Å². The summed E-state index contributed by atoms with van der Waals surface area (Å²) in [6.07, 6.45) is 1.03. The number of benzene rings is 1. The third-order valence-electron chi connectivity index (χ3n) is 5.56. The van der Waals surface area contributed by atoms with Crippen molar-refractivity contribution in [2.45, 2.75) is 45.9 Å². The van der Waals surface area contributed by atoms with Gasteiger partial charge in [-0.25, -0.2) is 9.97 Å². The molecule has 2 N–H and O–H groups in total. The van der Waals surface area contributed by atoms with Gasteiger partial charge in [0.1, 0.15) is 5.82 Å². The Morgan fingerprint density at radius 1 is 1.28 bits per heavy atom. The number of nitrogens with one attached hydrogen (secondary N) is 2. The molecule has 1 unspecified atom stereocenters. The third-order valence-corrected chi connectivity index (χ3v) is 5.56. The molecule has 3 rings (SSSR count). The van der Waals surface area contributed by atoms with Crippen LogP contribution in [0.4, 0.5) is 5.82 Å². The van der Waals surface area contributed by atoms with Crippen LogP contribution in [-0.4, -0.2) is 49.2 Å². The summed E-state index contributed by atoms with van der Waals surface area (Å²) in [6.45, 7) is 8.53. The summed E-state index contributed by atoms with van der Waals surface area (Å²) in [6, 6.07) is 9.17. The maximum Gasteiger partial charge on any atom is 0.288 e. The minimum Gasteiger partial charge on any atom is -0.380 e. The van der Waals surface area contributed by atoms with Crippen LogP contribution in [0.2, 0.25) is 0 Å².